The third kappa shape index (κ3) is 5.40. The Bertz CT molecular complexity index is 926. The predicted octanol–water partition coefficient (Wildman–Crippen LogP) is 3.79. The summed E-state index contributed by atoms with van der Waals surface area (Å²) in [5.41, 5.74) is 2.72. The fraction of sp³-hybridized carbons (Fsp3) is 0.440. The van der Waals surface area contributed by atoms with Gasteiger partial charge in [-0.3, -0.25) is 4.79 Å². The van der Waals surface area contributed by atoms with E-state index in [2.05, 4.69) is 29.4 Å². The zero-order valence-electron chi connectivity index (χ0n) is 18.8. The molecular formula is C25H32N4O3. The highest BCUT2D eigenvalue weighted by atomic mass is 16.5. The number of nitrogens with one attached hydrogen (secondary N) is 2. The smallest absolute Gasteiger partial charge is 0.319 e. The summed E-state index contributed by atoms with van der Waals surface area (Å²) in [5.74, 6) is 0.147. The second kappa shape index (κ2) is 10.0. The van der Waals surface area contributed by atoms with Crippen molar-refractivity contribution in [3.8, 4) is 0 Å². The van der Waals surface area contributed by atoms with Crippen LogP contribution in [0.4, 0.5) is 16.2 Å². The fourth-order valence-electron chi connectivity index (χ4n) is 4.58. The van der Waals surface area contributed by atoms with Crippen molar-refractivity contribution in [1.82, 2.24) is 10.2 Å². The Morgan fingerprint density at radius 3 is 2.44 bits per heavy atom. The van der Waals surface area contributed by atoms with Gasteiger partial charge >= 0.3 is 6.03 Å². The van der Waals surface area contributed by atoms with Gasteiger partial charge in [-0.05, 0) is 38.0 Å². The zero-order valence-corrected chi connectivity index (χ0v) is 18.8. The molecule has 0 radical (unpaired) electrons. The van der Waals surface area contributed by atoms with Crippen LogP contribution in [0.3, 0.4) is 0 Å². The van der Waals surface area contributed by atoms with Crippen LogP contribution in [0.1, 0.15) is 38.3 Å². The number of urea groups is 1. The molecule has 2 saturated heterocycles. The topological polar surface area (TPSA) is 73.9 Å². The first kappa shape index (κ1) is 22.1. The summed E-state index contributed by atoms with van der Waals surface area (Å²) in [4.78, 5) is 29.3. The Labute approximate surface area is 189 Å². The van der Waals surface area contributed by atoms with Crippen molar-refractivity contribution in [2.45, 2.75) is 44.9 Å². The number of morpholine rings is 1. The molecule has 2 aliphatic rings. The second-order valence-corrected chi connectivity index (χ2v) is 8.68. The molecule has 0 unspecified atom stereocenters. The number of hydrogen-bond donors (Lipinski definition) is 2. The number of likely N-dealkylation sites (tertiary alicyclic amines) is 1. The summed E-state index contributed by atoms with van der Waals surface area (Å²) in [6, 6.07) is 17.1. The maximum atomic E-state index is 13.0. The highest BCUT2D eigenvalue weighted by Gasteiger charge is 2.27. The van der Waals surface area contributed by atoms with Crippen LogP contribution in [0, 0.1) is 0 Å². The molecule has 0 saturated carbocycles. The lowest BCUT2D eigenvalue weighted by Crippen LogP contribution is -2.46. The molecule has 0 spiro atoms. The van der Waals surface area contributed by atoms with Crippen molar-refractivity contribution in [3.63, 3.8) is 0 Å². The molecule has 0 aliphatic carbocycles. The lowest BCUT2D eigenvalue weighted by Gasteiger charge is -2.37. The van der Waals surface area contributed by atoms with Crippen molar-refractivity contribution in [2.75, 3.05) is 36.4 Å². The Kier molecular flexibility index (Phi) is 6.95. The number of para-hydroxylation sites is 2. The first-order valence-electron chi connectivity index (χ1n) is 11.4. The molecule has 0 aromatic heterocycles. The van der Waals surface area contributed by atoms with Gasteiger partial charge in [0.15, 0.2) is 0 Å². The number of ether oxygens (including phenoxy) is 1. The molecule has 2 heterocycles. The molecule has 3 atom stereocenters. The molecule has 170 valence electrons. The minimum Gasteiger partial charge on any atom is -0.372 e. The largest absolute Gasteiger partial charge is 0.372 e. The number of hydrogen-bond acceptors (Lipinski definition) is 4. The van der Waals surface area contributed by atoms with E-state index < -0.39 is 0 Å². The van der Waals surface area contributed by atoms with Crippen LogP contribution < -0.4 is 15.5 Å². The van der Waals surface area contributed by atoms with Gasteiger partial charge in [-0.1, -0.05) is 42.5 Å². The third-order valence-corrected chi connectivity index (χ3v) is 5.99. The van der Waals surface area contributed by atoms with Gasteiger partial charge in [-0.15, -0.1) is 0 Å². The quantitative estimate of drug-likeness (QED) is 0.723. The van der Waals surface area contributed by atoms with Crippen LogP contribution in [-0.4, -0.2) is 55.2 Å². The van der Waals surface area contributed by atoms with E-state index in [0.29, 0.717) is 13.0 Å². The third-order valence-electron chi connectivity index (χ3n) is 5.99. The Balaban J connectivity index is 1.48. The normalized spacial score (nSPS) is 22.0. The number of anilines is 2. The van der Waals surface area contributed by atoms with Crippen LogP contribution in [0.15, 0.2) is 54.6 Å². The maximum absolute atomic E-state index is 13.0. The second-order valence-electron chi connectivity index (χ2n) is 8.68. The summed E-state index contributed by atoms with van der Waals surface area (Å²) < 4.78 is 5.86. The summed E-state index contributed by atoms with van der Waals surface area (Å²) >= 11 is 0. The Morgan fingerprint density at radius 2 is 1.75 bits per heavy atom. The van der Waals surface area contributed by atoms with Crippen molar-refractivity contribution in [1.29, 1.82) is 0 Å². The first-order chi connectivity index (χ1) is 15.5. The molecule has 3 amide bonds. The number of amides is 3. The van der Waals surface area contributed by atoms with Gasteiger partial charge in [0.05, 0.1) is 29.6 Å². The van der Waals surface area contributed by atoms with Gasteiger partial charge in [-0.25, -0.2) is 4.79 Å². The van der Waals surface area contributed by atoms with Gasteiger partial charge < -0.3 is 25.2 Å². The molecule has 2 fully saturated rings. The van der Waals surface area contributed by atoms with Gasteiger partial charge in [-0.2, -0.15) is 0 Å². The molecule has 4 rings (SSSR count). The molecule has 2 aromatic rings. The lowest BCUT2D eigenvalue weighted by atomic mass is 10.1. The fourth-order valence-corrected chi connectivity index (χ4v) is 4.58. The molecule has 7 nitrogen and oxygen atoms in total. The Morgan fingerprint density at radius 1 is 1.06 bits per heavy atom. The summed E-state index contributed by atoms with van der Waals surface area (Å²) in [6.07, 6.45) is 1.70. The van der Waals surface area contributed by atoms with Crippen LogP contribution in [-0.2, 0) is 9.53 Å². The molecule has 2 N–H and O–H groups in total. The number of benzene rings is 2. The van der Waals surface area contributed by atoms with Crippen molar-refractivity contribution >= 4 is 23.3 Å². The number of nitrogens with zero attached hydrogens (tertiary/aromatic N) is 2. The first-order valence-corrected chi connectivity index (χ1v) is 11.4. The van der Waals surface area contributed by atoms with Crippen LogP contribution in [0.2, 0.25) is 0 Å². The van der Waals surface area contributed by atoms with E-state index >= 15 is 0 Å². The number of rotatable bonds is 6. The number of carbonyl (C=O) groups is 2. The van der Waals surface area contributed by atoms with Crippen molar-refractivity contribution in [2.24, 2.45) is 0 Å². The summed E-state index contributed by atoms with van der Waals surface area (Å²) in [7, 11) is 0. The molecule has 2 aliphatic heterocycles. The van der Waals surface area contributed by atoms with E-state index in [-0.39, 0.29) is 30.2 Å². The summed E-state index contributed by atoms with van der Waals surface area (Å²) in [5, 5.41) is 6.13. The predicted molar refractivity (Wildman–Crippen MR) is 126 cm³/mol. The highest BCUT2D eigenvalue weighted by molar-refractivity contribution is 5.93. The lowest BCUT2D eigenvalue weighted by molar-refractivity contribution is -0.128. The molecule has 2 aromatic carbocycles. The van der Waals surface area contributed by atoms with E-state index in [1.165, 1.54) is 0 Å². The maximum Gasteiger partial charge on any atom is 0.319 e. The number of carbonyl (C=O) groups excluding carboxylic acids is 2. The average molecular weight is 437 g/mol. The molecular weight excluding hydrogens is 404 g/mol. The minimum absolute atomic E-state index is 0.126. The van der Waals surface area contributed by atoms with E-state index in [4.69, 9.17) is 4.74 Å². The SMILES string of the molecule is C[C@@H]1CN(c2ccccc2NC(=O)N[C@H](CN2CCCC2=O)c2ccccc2)C[C@@H](C)O1. The van der Waals surface area contributed by atoms with Crippen molar-refractivity contribution < 1.29 is 14.3 Å². The van der Waals surface area contributed by atoms with E-state index in [1.54, 1.807) is 0 Å². The average Bonchev–Trinajstić information content (AvgIpc) is 3.18. The van der Waals surface area contributed by atoms with Crippen LogP contribution in [0.5, 0.6) is 0 Å². The van der Waals surface area contributed by atoms with E-state index in [1.807, 2.05) is 59.5 Å². The van der Waals surface area contributed by atoms with Crippen LogP contribution in [0.25, 0.3) is 0 Å². The van der Waals surface area contributed by atoms with E-state index in [9.17, 15) is 9.59 Å². The zero-order chi connectivity index (χ0) is 22.5. The summed E-state index contributed by atoms with van der Waals surface area (Å²) in [6.45, 7) is 6.88. The highest BCUT2D eigenvalue weighted by Crippen LogP contribution is 2.29. The van der Waals surface area contributed by atoms with Crippen molar-refractivity contribution in [3.05, 3.63) is 60.2 Å². The molecule has 7 heteroatoms. The van der Waals surface area contributed by atoms with Gasteiger partial charge in [0.2, 0.25) is 5.91 Å². The minimum atomic E-state index is -0.285. The van der Waals surface area contributed by atoms with Gasteiger partial charge in [0.1, 0.15) is 0 Å². The van der Waals surface area contributed by atoms with Gasteiger partial charge in [0, 0.05) is 32.6 Å². The van der Waals surface area contributed by atoms with Crippen LogP contribution >= 0.6 is 0 Å². The standard InChI is InChI=1S/C25H32N4O3/c1-18-15-29(16-19(2)32-18)23-12-7-6-11-21(23)26-25(31)27-22(20-9-4-3-5-10-20)17-28-14-8-13-24(28)30/h3-7,9-12,18-19,22H,8,13-17H2,1-2H3,(H2,26,27,31)/t18-,19-,22-/m1/s1. The molecule has 32 heavy (non-hydrogen) atoms. The monoisotopic (exact) mass is 436 g/mol. The molecule has 0 bridgehead atoms. The Hall–Kier alpha value is -3.06. The van der Waals surface area contributed by atoms with Gasteiger partial charge in [0.25, 0.3) is 0 Å². The van der Waals surface area contributed by atoms with E-state index in [0.717, 1.165) is 43.0 Å².